The van der Waals surface area contributed by atoms with Gasteiger partial charge in [-0.3, -0.25) is 9.69 Å². The maximum Gasteiger partial charge on any atom is 0.277 e. The molecule has 98 valence electrons. The number of aliphatic imine (C=N–C) groups is 1. The van der Waals surface area contributed by atoms with Crippen LogP contribution in [0.4, 0.5) is 0 Å². The predicted molar refractivity (Wildman–Crippen MR) is 84.8 cm³/mol. The first-order chi connectivity index (χ1) is 9.25. The summed E-state index contributed by atoms with van der Waals surface area (Å²) in [5.41, 5.74) is 1.65. The van der Waals surface area contributed by atoms with Crippen molar-refractivity contribution < 1.29 is 4.79 Å². The molecular formula is C15H15IN2O. The molecule has 0 unspecified atom stereocenters. The molecule has 1 aromatic rings. The van der Waals surface area contributed by atoms with Gasteiger partial charge in [-0.2, -0.15) is 0 Å². The number of amidine groups is 1. The van der Waals surface area contributed by atoms with Gasteiger partial charge in [0.25, 0.3) is 5.91 Å². The van der Waals surface area contributed by atoms with Crippen LogP contribution < -0.4 is 0 Å². The summed E-state index contributed by atoms with van der Waals surface area (Å²) in [6.07, 6.45) is 6.25. The van der Waals surface area contributed by atoms with E-state index in [-0.39, 0.29) is 5.91 Å². The highest BCUT2D eigenvalue weighted by molar-refractivity contribution is 14.1. The fourth-order valence-corrected chi connectivity index (χ4v) is 3.03. The summed E-state index contributed by atoms with van der Waals surface area (Å²) in [5.74, 6) is 1.02. The van der Waals surface area contributed by atoms with Crippen molar-refractivity contribution in [3.05, 3.63) is 39.1 Å². The van der Waals surface area contributed by atoms with Crippen LogP contribution in [0.15, 0.2) is 35.0 Å². The quantitative estimate of drug-likeness (QED) is 0.554. The Hall–Kier alpha value is -1.17. The van der Waals surface area contributed by atoms with Crippen LogP contribution in [0, 0.1) is 3.57 Å². The van der Waals surface area contributed by atoms with Crippen LogP contribution in [0.2, 0.25) is 0 Å². The molecule has 19 heavy (non-hydrogen) atoms. The van der Waals surface area contributed by atoms with E-state index < -0.39 is 0 Å². The largest absolute Gasteiger partial charge is 0.295 e. The fraction of sp³-hybridized carbons (Fsp3) is 0.333. The number of amides is 1. The lowest BCUT2D eigenvalue weighted by atomic mass is 10.2. The van der Waals surface area contributed by atoms with Crippen molar-refractivity contribution in [3.8, 4) is 0 Å². The van der Waals surface area contributed by atoms with E-state index in [9.17, 15) is 4.79 Å². The summed E-state index contributed by atoms with van der Waals surface area (Å²) >= 11 is 2.28. The highest BCUT2D eigenvalue weighted by atomic mass is 127. The van der Waals surface area contributed by atoms with E-state index >= 15 is 0 Å². The topological polar surface area (TPSA) is 32.7 Å². The van der Waals surface area contributed by atoms with Crippen LogP contribution in [0.25, 0.3) is 6.08 Å². The molecule has 0 atom stereocenters. The van der Waals surface area contributed by atoms with E-state index in [1.54, 1.807) is 0 Å². The smallest absolute Gasteiger partial charge is 0.277 e. The average Bonchev–Trinajstić information content (AvgIpc) is 2.60. The molecule has 3 rings (SSSR count). The van der Waals surface area contributed by atoms with Crippen molar-refractivity contribution in [1.82, 2.24) is 4.90 Å². The Kier molecular flexibility index (Phi) is 3.68. The molecule has 2 heterocycles. The number of hydrogen-bond donors (Lipinski definition) is 0. The molecule has 1 amide bonds. The number of fused-ring (bicyclic) bond motifs is 1. The number of hydrogen-bond acceptors (Lipinski definition) is 2. The minimum absolute atomic E-state index is 0.0663. The number of halogens is 1. The molecule has 3 nitrogen and oxygen atoms in total. The summed E-state index contributed by atoms with van der Waals surface area (Å²) < 4.78 is 1.14. The zero-order chi connectivity index (χ0) is 13.2. The second-order valence-electron chi connectivity index (χ2n) is 4.85. The highest BCUT2D eigenvalue weighted by Gasteiger charge is 2.30. The van der Waals surface area contributed by atoms with Gasteiger partial charge >= 0.3 is 0 Å². The number of rotatable bonds is 1. The van der Waals surface area contributed by atoms with Crippen LogP contribution in [0.3, 0.4) is 0 Å². The average molecular weight is 366 g/mol. The van der Waals surface area contributed by atoms with Gasteiger partial charge in [-0.05, 0) is 53.1 Å². The van der Waals surface area contributed by atoms with Crippen LogP contribution >= 0.6 is 22.6 Å². The first-order valence-corrected chi connectivity index (χ1v) is 7.69. The van der Waals surface area contributed by atoms with Gasteiger partial charge in [0.2, 0.25) is 0 Å². The molecule has 0 radical (unpaired) electrons. The van der Waals surface area contributed by atoms with Crippen molar-refractivity contribution in [1.29, 1.82) is 0 Å². The van der Waals surface area contributed by atoms with E-state index in [2.05, 4.69) is 27.6 Å². The predicted octanol–water partition coefficient (Wildman–Crippen LogP) is 3.45. The van der Waals surface area contributed by atoms with E-state index in [1.165, 1.54) is 6.42 Å². The number of carbonyl (C=O) groups is 1. The second-order valence-corrected chi connectivity index (χ2v) is 6.01. The van der Waals surface area contributed by atoms with Crippen molar-refractivity contribution in [2.45, 2.75) is 25.7 Å². The molecule has 0 aromatic heterocycles. The van der Waals surface area contributed by atoms with Gasteiger partial charge in [-0.25, -0.2) is 4.99 Å². The third kappa shape index (κ3) is 2.59. The van der Waals surface area contributed by atoms with Crippen LogP contribution in [0.5, 0.6) is 0 Å². The second kappa shape index (κ2) is 5.45. The summed E-state index contributed by atoms with van der Waals surface area (Å²) in [6, 6.07) is 8.04. The molecule has 2 aliphatic heterocycles. The Morgan fingerprint density at radius 1 is 1.21 bits per heavy atom. The van der Waals surface area contributed by atoms with Gasteiger partial charge in [0.05, 0.1) is 0 Å². The van der Waals surface area contributed by atoms with Crippen molar-refractivity contribution in [2.24, 2.45) is 4.99 Å². The van der Waals surface area contributed by atoms with Gasteiger partial charge in [-0.1, -0.05) is 24.6 Å². The normalized spacial score (nSPS) is 21.3. The monoisotopic (exact) mass is 366 g/mol. The maximum atomic E-state index is 12.3. The zero-order valence-electron chi connectivity index (χ0n) is 10.6. The Labute approximate surface area is 126 Å². The third-order valence-corrected chi connectivity index (χ3v) is 4.49. The molecule has 0 N–H and O–H groups in total. The molecule has 0 spiro atoms. The minimum Gasteiger partial charge on any atom is -0.295 e. The Bertz CT molecular complexity index is 577. The fourth-order valence-electron chi connectivity index (χ4n) is 2.49. The van der Waals surface area contributed by atoms with Crippen molar-refractivity contribution in [2.75, 3.05) is 6.54 Å². The highest BCUT2D eigenvalue weighted by Crippen LogP contribution is 2.25. The van der Waals surface area contributed by atoms with Crippen LogP contribution in [-0.4, -0.2) is 23.2 Å². The summed E-state index contributed by atoms with van der Waals surface area (Å²) in [7, 11) is 0. The first kappa shape index (κ1) is 12.8. The number of nitrogens with zero attached hydrogens (tertiary/aromatic N) is 2. The van der Waals surface area contributed by atoms with Gasteiger partial charge in [0, 0.05) is 16.5 Å². The van der Waals surface area contributed by atoms with E-state index in [4.69, 9.17) is 0 Å². The first-order valence-electron chi connectivity index (χ1n) is 6.61. The third-order valence-electron chi connectivity index (χ3n) is 3.50. The van der Waals surface area contributed by atoms with Gasteiger partial charge in [0.15, 0.2) is 0 Å². The lowest BCUT2D eigenvalue weighted by molar-refractivity contribution is -0.122. The molecule has 0 bridgehead atoms. The molecule has 1 saturated heterocycles. The zero-order valence-corrected chi connectivity index (χ0v) is 12.8. The van der Waals surface area contributed by atoms with Crippen LogP contribution in [-0.2, 0) is 4.79 Å². The minimum atomic E-state index is 0.0663. The van der Waals surface area contributed by atoms with E-state index in [1.807, 2.05) is 35.2 Å². The van der Waals surface area contributed by atoms with Crippen molar-refractivity contribution >= 4 is 40.4 Å². The van der Waals surface area contributed by atoms with Crippen LogP contribution in [0.1, 0.15) is 31.2 Å². The Morgan fingerprint density at radius 3 is 2.89 bits per heavy atom. The maximum absolute atomic E-state index is 12.3. The standard InChI is InChI=1S/C15H15IN2O/c16-12-7-4-3-6-11(12)10-13-15(19)18-9-5-1-2-8-14(18)17-13/h3-4,6-7,10H,1-2,5,8-9H2/b13-10+. The Morgan fingerprint density at radius 2 is 2.05 bits per heavy atom. The lowest BCUT2D eigenvalue weighted by Crippen LogP contribution is -2.31. The molecular weight excluding hydrogens is 351 g/mol. The summed E-state index contributed by atoms with van der Waals surface area (Å²) in [6.45, 7) is 0.820. The molecule has 1 aromatic carbocycles. The number of benzene rings is 1. The molecule has 4 heteroatoms. The van der Waals surface area contributed by atoms with Gasteiger partial charge in [-0.15, -0.1) is 0 Å². The molecule has 0 aliphatic carbocycles. The van der Waals surface area contributed by atoms with E-state index in [0.29, 0.717) is 5.70 Å². The van der Waals surface area contributed by atoms with Gasteiger partial charge < -0.3 is 0 Å². The number of carbonyl (C=O) groups excluding carboxylic acids is 1. The SMILES string of the molecule is O=C1/C(=C\c2ccccc2I)N=C2CCCCCN12. The summed E-state index contributed by atoms with van der Waals surface area (Å²) in [5, 5.41) is 0. The molecule has 0 saturated carbocycles. The van der Waals surface area contributed by atoms with Gasteiger partial charge in [0.1, 0.15) is 11.5 Å². The lowest BCUT2D eigenvalue weighted by Gasteiger charge is -2.14. The van der Waals surface area contributed by atoms with E-state index in [0.717, 1.165) is 40.8 Å². The summed E-state index contributed by atoms with van der Waals surface area (Å²) in [4.78, 5) is 18.7. The molecule has 2 aliphatic rings. The van der Waals surface area contributed by atoms with Crippen molar-refractivity contribution in [3.63, 3.8) is 0 Å². The Balaban J connectivity index is 1.94. The molecule has 1 fully saturated rings.